The van der Waals surface area contributed by atoms with Gasteiger partial charge < -0.3 is 15.3 Å². The smallest absolute Gasteiger partial charge is 0.379 e. The van der Waals surface area contributed by atoms with Gasteiger partial charge in [-0.25, -0.2) is 4.79 Å². The second-order valence-corrected chi connectivity index (χ2v) is 6.58. The number of amides is 2. The summed E-state index contributed by atoms with van der Waals surface area (Å²) in [6.07, 6.45) is -8.42. The normalized spacial score (nSPS) is 32.0. The highest BCUT2D eigenvalue weighted by atomic mass is 19.4. The minimum atomic E-state index is -4.85. The highest BCUT2D eigenvalue weighted by molar-refractivity contribution is 5.74. The lowest BCUT2D eigenvalue weighted by Gasteiger charge is -2.33. The number of β-amino-alcohol motifs (C(OH)–C–C–N with tert-alkyl or cyclic N) is 1. The molecule has 0 aromatic rings. The predicted molar refractivity (Wildman–Crippen MR) is 72.1 cm³/mol. The van der Waals surface area contributed by atoms with Gasteiger partial charge in [0.1, 0.15) is 0 Å². The molecule has 10 heteroatoms. The maximum absolute atomic E-state index is 13.0. The van der Waals surface area contributed by atoms with Gasteiger partial charge in [-0.05, 0) is 18.8 Å². The molecule has 0 spiro atoms. The Balaban J connectivity index is 1.89. The van der Waals surface area contributed by atoms with Crippen molar-refractivity contribution < 1.29 is 36.2 Å². The predicted octanol–water partition coefficient (Wildman–Crippen LogP) is 3.06. The van der Waals surface area contributed by atoms with Gasteiger partial charge in [-0.2, -0.15) is 26.3 Å². The van der Waals surface area contributed by atoms with E-state index in [1.54, 1.807) is 0 Å². The van der Waals surface area contributed by atoms with Gasteiger partial charge >= 0.3 is 18.4 Å². The highest BCUT2D eigenvalue weighted by Gasteiger charge is 2.58. The van der Waals surface area contributed by atoms with Crippen LogP contribution in [0.5, 0.6) is 0 Å². The molecule has 3 atom stereocenters. The molecule has 1 aliphatic heterocycles. The van der Waals surface area contributed by atoms with Crippen LogP contribution in [-0.2, 0) is 0 Å². The van der Waals surface area contributed by atoms with Crippen molar-refractivity contribution in [3.05, 3.63) is 0 Å². The van der Waals surface area contributed by atoms with E-state index in [0.717, 1.165) is 4.90 Å². The van der Waals surface area contributed by atoms with Crippen LogP contribution in [-0.4, -0.2) is 53.6 Å². The second-order valence-electron chi connectivity index (χ2n) is 6.58. The minimum Gasteiger partial charge on any atom is -0.379 e. The van der Waals surface area contributed by atoms with E-state index in [2.05, 4.69) is 5.32 Å². The molecule has 0 aromatic heterocycles. The van der Waals surface area contributed by atoms with Crippen molar-refractivity contribution in [2.45, 2.75) is 50.1 Å². The molecule has 4 nitrogen and oxygen atoms in total. The van der Waals surface area contributed by atoms with Crippen LogP contribution in [0.25, 0.3) is 0 Å². The van der Waals surface area contributed by atoms with Gasteiger partial charge in [-0.1, -0.05) is 12.8 Å². The fraction of sp³-hybridized carbons (Fsp3) is 0.929. The standard InChI is InChI=1S/C14H20F6N2O2/c15-13(16,17)10-4-2-1-3-9(10)7-21-11(23)22-6-5-12(24,8-22)14(18,19)20/h9-10,24H,1-8H2,(H,21,23)/t9-,10+,12+/m0/s1. The molecule has 140 valence electrons. The first kappa shape index (κ1) is 19.1. The maximum atomic E-state index is 13.0. The average Bonchev–Trinajstić information content (AvgIpc) is 2.88. The van der Waals surface area contributed by atoms with Crippen LogP contribution in [0.4, 0.5) is 31.1 Å². The van der Waals surface area contributed by atoms with E-state index in [1.165, 1.54) is 0 Å². The van der Waals surface area contributed by atoms with E-state index in [0.29, 0.717) is 19.3 Å². The summed E-state index contributed by atoms with van der Waals surface area (Å²) < 4.78 is 77.0. The second kappa shape index (κ2) is 6.61. The molecule has 0 unspecified atom stereocenters. The van der Waals surface area contributed by atoms with E-state index < -0.39 is 48.8 Å². The van der Waals surface area contributed by atoms with Crippen molar-refractivity contribution in [3.63, 3.8) is 0 Å². The zero-order valence-corrected chi connectivity index (χ0v) is 12.9. The number of likely N-dealkylation sites (tertiary alicyclic amines) is 1. The summed E-state index contributed by atoms with van der Waals surface area (Å²) >= 11 is 0. The molecule has 2 amide bonds. The third kappa shape index (κ3) is 4.07. The lowest BCUT2D eigenvalue weighted by Crippen LogP contribution is -2.50. The molecule has 1 saturated carbocycles. The van der Waals surface area contributed by atoms with E-state index in [-0.39, 0.29) is 19.5 Å². The van der Waals surface area contributed by atoms with Crippen molar-refractivity contribution in [2.75, 3.05) is 19.6 Å². The Kier molecular flexibility index (Phi) is 5.27. The Hall–Kier alpha value is -1.19. The number of aliphatic hydroxyl groups is 1. The summed E-state index contributed by atoms with van der Waals surface area (Å²) in [6.45, 7) is -1.44. The molecular weight excluding hydrogens is 342 g/mol. The Morgan fingerprint density at radius 1 is 1.17 bits per heavy atom. The van der Waals surface area contributed by atoms with Gasteiger partial charge in [0, 0.05) is 19.5 Å². The summed E-state index contributed by atoms with van der Waals surface area (Å²) in [7, 11) is 0. The van der Waals surface area contributed by atoms with Crippen LogP contribution in [0.2, 0.25) is 0 Å². The molecule has 0 radical (unpaired) electrons. The van der Waals surface area contributed by atoms with Crippen LogP contribution >= 0.6 is 0 Å². The van der Waals surface area contributed by atoms with Crippen LogP contribution < -0.4 is 5.32 Å². The van der Waals surface area contributed by atoms with E-state index >= 15 is 0 Å². The first-order valence-corrected chi connectivity index (χ1v) is 7.83. The molecule has 1 aliphatic carbocycles. The number of nitrogens with zero attached hydrogens (tertiary/aromatic N) is 1. The van der Waals surface area contributed by atoms with Crippen LogP contribution in [0, 0.1) is 11.8 Å². The number of rotatable bonds is 2. The van der Waals surface area contributed by atoms with Crippen LogP contribution in [0.15, 0.2) is 0 Å². The highest BCUT2D eigenvalue weighted by Crippen LogP contribution is 2.41. The van der Waals surface area contributed by atoms with Crippen LogP contribution in [0.3, 0.4) is 0 Å². The van der Waals surface area contributed by atoms with Gasteiger partial charge in [0.05, 0.1) is 12.5 Å². The maximum Gasteiger partial charge on any atom is 0.419 e. The molecule has 1 heterocycles. The number of hydrogen-bond acceptors (Lipinski definition) is 2. The first-order valence-electron chi connectivity index (χ1n) is 7.83. The zero-order chi connectivity index (χ0) is 18.2. The van der Waals surface area contributed by atoms with Crippen molar-refractivity contribution in [2.24, 2.45) is 11.8 Å². The third-order valence-corrected chi connectivity index (χ3v) is 4.91. The van der Waals surface area contributed by atoms with E-state index in [4.69, 9.17) is 0 Å². The van der Waals surface area contributed by atoms with Gasteiger partial charge in [0.25, 0.3) is 0 Å². The number of hydrogen-bond donors (Lipinski definition) is 2. The quantitative estimate of drug-likeness (QED) is 0.742. The molecule has 1 saturated heterocycles. The van der Waals surface area contributed by atoms with Gasteiger partial charge in [-0.3, -0.25) is 0 Å². The summed E-state index contributed by atoms with van der Waals surface area (Å²) in [6, 6.07) is -0.873. The molecule has 2 rings (SSSR count). The van der Waals surface area contributed by atoms with E-state index in [1.807, 2.05) is 0 Å². The average molecular weight is 362 g/mol. The monoisotopic (exact) mass is 362 g/mol. The van der Waals surface area contributed by atoms with E-state index in [9.17, 15) is 36.2 Å². The number of urea groups is 1. The number of alkyl halides is 6. The van der Waals surface area contributed by atoms with Crippen molar-refractivity contribution in [1.82, 2.24) is 10.2 Å². The molecule has 2 N–H and O–H groups in total. The van der Waals surface area contributed by atoms with Crippen LogP contribution in [0.1, 0.15) is 32.1 Å². The molecule has 0 aromatic carbocycles. The number of carbonyl (C=O) groups excluding carboxylic acids is 1. The summed E-state index contributed by atoms with van der Waals surface area (Å²) in [5, 5.41) is 11.8. The number of halogens is 6. The Morgan fingerprint density at radius 3 is 2.33 bits per heavy atom. The summed E-state index contributed by atoms with van der Waals surface area (Å²) in [4.78, 5) is 12.7. The van der Waals surface area contributed by atoms with Gasteiger partial charge in [0.15, 0.2) is 5.60 Å². The molecule has 24 heavy (non-hydrogen) atoms. The fourth-order valence-corrected chi connectivity index (χ4v) is 3.41. The van der Waals surface area contributed by atoms with Gasteiger partial charge in [0.2, 0.25) is 0 Å². The first-order chi connectivity index (χ1) is 10.9. The van der Waals surface area contributed by atoms with Crippen molar-refractivity contribution >= 4 is 6.03 Å². The Morgan fingerprint density at radius 2 is 1.79 bits per heavy atom. The molecular formula is C14H20F6N2O2. The zero-order valence-electron chi connectivity index (χ0n) is 12.9. The summed E-state index contributed by atoms with van der Waals surface area (Å²) in [5.41, 5.74) is -2.95. The Bertz CT molecular complexity index is 467. The lowest BCUT2D eigenvalue weighted by molar-refractivity contribution is -0.253. The Labute approximate surface area is 135 Å². The lowest BCUT2D eigenvalue weighted by atomic mass is 9.79. The largest absolute Gasteiger partial charge is 0.419 e. The molecule has 0 bridgehead atoms. The fourth-order valence-electron chi connectivity index (χ4n) is 3.41. The molecule has 2 fully saturated rings. The number of nitrogens with one attached hydrogen (secondary N) is 1. The molecule has 2 aliphatic rings. The summed E-state index contributed by atoms with van der Waals surface area (Å²) in [5.74, 6) is -2.27. The number of carbonyl (C=O) groups is 1. The van der Waals surface area contributed by atoms with Crippen molar-refractivity contribution in [1.29, 1.82) is 0 Å². The van der Waals surface area contributed by atoms with Gasteiger partial charge in [-0.15, -0.1) is 0 Å². The van der Waals surface area contributed by atoms with Crippen molar-refractivity contribution in [3.8, 4) is 0 Å². The minimum absolute atomic E-state index is 0.00156. The third-order valence-electron chi connectivity index (χ3n) is 4.91. The SMILES string of the molecule is O=C(NC[C@@H]1CCCC[C@H]1C(F)(F)F)N1CC[C@](O)(C(F)(F)F)C1. The topological polar surface area (TPSA) is 52.6 Å².